The Bertz CT molecular complexity index is 704. The van der Waals surface area contributed by atoms with Gasteiger partial charge in [0.1, 0.15) is 5.75 Å². The topological polar surface area (TPSA) is 41.9 Å². The summed E-state index contributed by atoms with van der Waals surface area (Å²) in [6.45, 7) is 9.02. The van der Waals surface area contributed by atoms with Crippen LogP contribution in [0, 0.1) is 0 Å². The van der Waals surface area contributed by atoms with Gasteiger partial charge in [0.25, 0.3) is 0 Å². The van der Waals surface area contributed by atoms with Crippen molar-refractivity contribution in [3.05, 3.63) is 65.7 Å². The maximum absolute atomic E-state index is 11.9. The van der Waals surface area contributed by atoms with E-state index in [4.69, 9.17) is 9.47 Å². The molecule has 5 heteroatoms. The fraction of sp³-hybridized carbons (Fsp3) is 0.500. The first-order valence-corrected chi connectivity index (χ1v) is 10.5. The summed E-state index contributed by atoms with van der Waals surface area (Å²) in [6.07, 6.45) is 1.63. The zero-order chi connectivity index (χ0) is 19.8. The molecule has 1 N–H and O–H groups in total. The van der Waals surface area contributed by atoms with Gasteiger partial charge in [0.2, 0.25) is 0 Å². The van der Waals surface area contributed by atoms with Crippen LogP contribution in [-0.4, -0.2) is 49.5 Å². The summed E-state index contributed by atoms with van der Waals surface area (Å²) >= 11 is 0. The highest BCUT2D eigenvalue weighted by molar-refractivity contribution is 5.85. The van der Waals surface area contributed by atoms with Crippen molar-refractivity contribution in [3.63, 3.8) is 0 Å². The smallest absolute Gasteiger partial charge is 0.119 e. The van der Waals surface area contributed by atoms with E-state index in [1.165, 1.54) is 5.56 Å². The van der Waals surface area contributed by atoms with Crippen LogP contribution in [0.15, 0.2) is 54.6 Å². The first-order chi connectivity index (χ1) is 13.7. The van der Waals surface area contributed by atoms with Crippen molar-refractivity contribution in [1.82, 2.24) is 4.90 Å². The van der Waals surface area contributed by atoms with E-state index in [2.05, 4.69) is 43.0 Å². The fourth-order valence-electron chi connectivity index (χ4n) is 3.97. The second-order valence-electron chi connectivity index (χ2n) is 7.53. The number of hydrogen-bond donors (Lipinski definition) is 1. The van der Waals surface area contributed by atoms with Crippen LogP contribution in [-0.2, 0) is 10.3 Å². The van der Waals surface area contributed by atoms with E-state index < -0.39 is 5.60 Å². The van der Waals surface area contributed by atoms with Gasteiger partial charge in [-0.15, -0.1) is 12.4 Å². The van der Waals surface area contributed by atoms with Gasteiger partial charge in [0.05, 0.1) is 25.4 Å². The lowest BCUT2D eigenvalue weighted by Gasteiger charge is -2.40. The fourth-order valence-corrected chi connectivity index (χ4v) is 3.97. The maximum Gasteiger partial charge on any atom is 0.119 e. The Balaban J connectivity index is 0.00000300. The minimum Gasteiger partial charge on any atom is -0.494 e. The van der Waals surface area contributed by atoms with Gasteiger partial charge in [0, 0.05) is 25.6 Å². The van der Waals surface area contributed by atoms with E-state index >= 15 is 0 Å². The Kier molecular flexibility index (Phi) is 9.44. The molecule has 1 aliphatic heterocycles. The van der Waals surface area contributed by atoms with Gasteiger partial charge in [0.15, 0.2) is 0 Å². The summed E-state index contributed by atoms with van der Waals surface area (Å²) in [7, 11) is 0. The number of benzene rings is 2. The molecule has 1 fully saturated rings. The highest BCUT2D eigenvalue weighted by Crippen LogP contribution is 2.41. The van der Waals surface area contributed by atoms with Crippen LogP contribution < -0.4 is 4.74 Å². The van der Waals surface area contributed by atoms with Crippen molar-refractivity contribution in [2.75, 3.05) is 39.5 Å². The average molecular weight is 420 g/mol. The summed E-state index contributed by atoms with van der Waals surface area (Å²) < 4.78 is 11.2. The molecule has 4 nitrogen and oxygen atoms in total. The van der Waals surface area contributed by atoms with Crippen molar-refractivity contribution in [2.24, 2.45) is 0 Å². The summed E-state index contributed by atoms with van der Waals surface area (Å²) in [5.74, 6) is 0.840. The number of hydrogen-bond acceptors (Lipinski definition) is 4. The van der Waals surface area contributed by atoms with Crippen molar-refractivity contribution in [3.8, 4) is 5.75 Å². The number of morpholine rings is 1. The molecule has 0 radical (unpaired) electrons. The Morgan fingerprint density at radius 3 is 2.28 bits per heavy atom. The van der Waals surface area contributed by atoms with Gasteiger partial charge < -0.3 is 14.6 Å². The Hall–Kier alpha value is -1.59. The summed E-state index contributed by atoms with van der Waals surface area (Å²) in [5.41, 5.74) is 1.17. The van der Waals surface area contributed by atoms with Gasteiger partial charge in [-0.1, -0.05) is 56.3 Å². The monoisotopic (exact) mass is 419 g/mol. The second kappa shape index (κ2) is 11.6. The molecule has 0 aromatic heterocycles. The highest BCUT2D eigenvalue weighted by atomic mass is 35.5. The molecule has 2 aromatic rings. The van der Waals surface area contributed by atoms with Crippen molar-refractivity contribution < 1.29 is 14.6 Å². The molecule has 1 saturated heterocycles. The normalized spacial score (nSPS) is 17.8. The number of ether oxygens (including phenoxy) is 2. The third-order valence-corrected chi connectivity index (χ3v) is 5.69. The van der Waals surface area contributed by atoms with Crippen LogP contribution in [0.1, 0.15) is 43.7 Å². The molecule has 160 valence electrons. The van der Waals surface area contributed by atoms with Gasteiger partial charge in [-0.25, -0.2) is 0 Å². The summed E-state index contributed by atoms with van der Waals surface area (Å²) in [5, 5.41) is 11.9. The molecule has 1 aliphatic rings. The van der Waals surface area contributed by atoms with Gasteiger partial charge in [-0.05, 0) is 36.1 Å². The standard InChI is InChI=1S/C24H33NO3.ClH/c1-3-16-28-22-12-10-21(11-13-22)24(26,4-2)23(20-8-6-5-7-9-20)19-25-14-17-27-18-15-25;/h5-13,23,26H,3-4,14-19H2,1-2H3;1H. The second-order valence-corrected chi connectivity index (χ2v) is 7.53. The largest absolute Gasteiger partial charge is 0.494 e. The van der Waals surface area contributed by atoms with Crippen molar-refractivity contribution in [2.45, 2.75) is 38.2 Å². The molecular weight excluding hydrogens is 386 g/mol. The lowest BCUT2D eigenvalue weighted by Crippen LogP contribution is -2.44. The number of rotatable bonds is 9. The third kappa shape index (κ3) is 5.95. The van der Waals surface area contributed by atoms with E-state index in [9.17, 15) is 5.11 Å². The first-order valence-electron chi connectivity index (χ1n) is 10.5. The maximum atomic E-state index is 11.9. The molecule has 0 bridgehead atoms. The molecule has 2 aromatic carbocycles. The average Bonchev–Trinajstić information content (AvgIpc) is 2.77. The predicted molar refractivity (Wildman–Crippen MR) is 120 cm³/mol. The zero-order valence-electron chi connectivity index (χ0n) is 17.5. The lowest BCUT2D eigenvalue weighted by molar-refractivity contribution is -0.0250. The summed E-state index contributed by atoms with van der Waals surface area (Å²) in [6, 6.07) is 18.4. The molecule has 3 rings (SSSR count). The lowest BCUT2D eigenvalue weighted by atomic mass is 9.75. The third-order valence-electron chi connectivity index (χ3n) is 5.69. The molecule has 2 unspecified atom stereocenters. The van der Waals surface area contributed by atoms with Gasteiger partial charge >= 0.3 is 0 Å². The SMILES string of the molecule is CCCOc1ccc(C(O)(CC)C(CN2CCOCC2)c2ccccc2)cc1.Cl. The molecule has 0 spiro atoms. The van der Waals surface area contributed by atoms with Crippen LogP contribution >= 0.6 is 12.4 Å². The van der Waals surface area contributed by atoms with E-state index in [-0.39, 0.29) is 18.3 Å². The number of aliphatic hydroxyl groups is 1. The van der Waals surface area contributed by atoms with Crippen molar-refractivity contribution in [1.29, 1.82) is 0 Å². The van der Waals surface area contributed by atoms with Gasteiger partial charge in [-0.2, -0.15) is 0 Å². The molecule has 29 heavy (non-hydrogen) atoms. The quantitative estimate of drug-likeness (QED) is 0.644. The number of nitrogens with zero attached hydrogens (tertiary/aromatic N) is 1. The Morgan fingerprint density at radius 1 is 1.03 bits per heavy atom. The Labute approximate surface area is 181 Å². The molecule has 1 heterocycles. The van der Waals surface area contributed by atoms with Crippen LogP contribution in [0.2, 0.25) is 0 Å². The molecule has 0 saturated carbocycles. The number of halogens is 1. The van der Waals surface area contributed by atoms with Crippen molar-refractivity contribution >= 4 is 12.4 Å². The molecule has 0 amide bonds. The molecular formula is C24H34ClNO3. The first kappa shape index (κ1) is 23.7. The van der Waals surface area contributed by atoms with E-state index in [1.54, 1.807) is 0 Å². The van der Waals surface area contributed by atoms with Crippen LogP contribution in [0.25, 0.3) is 0 Å². The van der Waals surface area contributed by atoms with E-state index in [0.29, 0.717) is 13.0 Å². The molecule has 2 atom stereocenters. The van der Waals surface area contributed by atoms with Gasteiger partial charge in [-0.3, -0.25) is 4.90 Å². The zero-order valence-corrected chi connectivity index (χ0v) is 18.4. The highest BCUT2D eigenvalue weighted by Gasteiger charge is 2.39. The minimum atomic E-state index is -0.942. The summed E-state index contributed by atoms with van der Waals surface area (Å²) in [4.78, 5) is 2.40. The van der Waals surface area contributed by atoms with E-state index in [0.717, 1.165) is 50.6 Å². The molecule has 0 aliphatic carbocycles. The Morgan fingerprint density at radius 2 is 1.69 bits per heavy atom. The minimum absolute atomic E-state index is 0. The van der Waals surface area contributed by atoms with E-state index in [1.807, 2.05) is 30.3 Å². The van der Waals surface area contributed by atoms with Crippen LogP contribution in [0.5, 0.6) is 5.75 Å². The van der Waals surface area contributed by atoms with Crippen LogP contribution in [0.3, 0.4) is 0 Å². The van der Waals surface area contributed by atoms with Crippen LogP contribution in [0.4, 0.5) is 0 Å². The predicted octanol–water partition coefficient (Wildman–Crippen LogP) is 4.61.